The third-order valence-corrected chi connectivity index (χ3v) is 6.30. The van der Waals surface area contributed by atoms with Gasteiger partial charge in [0.1, 0.15) is 5.75 Å². The molecule has 5 aromatic rings. The zero-order valence-electron chi connectivity index (χ0n) is 21.0. The van der Waals surface area contributed by atoms with Crippen LogP contribution in [0.1, 0.15) is 32.9 Å². The number of anilines is 1. The Balaban J connectivity index is 1.40. The average molecular weight is 481 g/mol. The minimum atomic E-state index is -0.233. The summed E-state index contributed by atoms with van der Waals surface area (Å²) in [4.78, 5) is 18.3. The summed E-state index contributed by atoms with van der Waals surface area (Å²) < 4.78 is 9.37. The number of benzene rings is 2. The highest BCUT2D eigenvalue weighted by molar-refractivity contribution is 6.13. The number of carbonyl (C=O) groups excluding carboxylic acids is 1. The molecule has 1 N–H and O–H groups in total. The lowest BCUT2D eigenvalue weighted by atomic mass is 10.0. The lowest BCUT2D eigenvalue weighted by Gasteiger charge is -2.10. The molecule has 0 saturated heterocycles. The maximum Gasteiger partial charge on any atom is 0.256 e. The van der Waals surface area contributed by atoms with Crippen LogP contribution in [0.2, 0.25) is 0 Å². The van der Waals surface area contributed by atoms with Crippen molar-refractivity contribution in [3.05, 3.63) is 89.0 Å². The normalized spacial score (nSPS) is 11.1. The van der Waals surface area contributed by atoms with Crippen LogP contribution in [0, 0.1) is 27.7 Å². The first-order chi connectivity index (χ1) is 17.3. The van der Waals surface area contributed by atoms with Crippen LogP contribution < -0.4 is 10.1 Å². The molecule has 8 nitrogen and oxygen atoms in total. The number of nitrogens with zero attached hydrogens (tertiary/aromatic N) is 5. The molecule has 0 spiro atoms. The number of rotatable bonds is 6. The largest absolute Gasteiger partial charge is 0.471 e. The van der Waals surface area contributed by atoms with Gasteiger partial charge in [0.15, 0.2) is 6.73 Å². The molecule has 0 saturated carbocycles. The third kappa shape index (κ3) is 4.45. The number of para-hydroxylation sites is 1. The number of ether oxygens (including phenoxy) is 1. The summed E-state index contributed by atoms with van der Waals surface area (Å²) in [5.74, 6) is 0.572. The van der Waals surface area contributed by atoms with Gasteiger partial charge in [0.25, 0.3) is 5.91 Å². The van der Waals surface area contributed by atoms with E-state index < -0.39 is 0 Å². The van der Waals surface area contributed by atoms with Crippen LogP contribution in [0.15, 0.2) is 60.9 Å². The average Bonchev–Trinajstić information content (AvgIpc) is 3.40. The molecule has 0 unspecified atom stereocenters. The highest BCUT2D eigenvalue weighted by Crippen LogP contribution is 2.29. The first kappa shape index (κ1) is 23.3. The standard InChI is InChI=1S/C28H28N6O2/c1-17-10-11-26(18(2)12-17)36-16-34-15-21(14-29-34)30-28(35)23-13-25(27-19(3)32-33(5)20(27)4)31-24-9-7-6-8-22(23)24/h6-15H,16H2,1-5H3,(H,30,35). The molecule has 0 radical (unpaired) electrons. The van der Waals surface area contributed by atoms with Crippen molar-refractivity contribution < 1.29 is 9.53 Å². The van der Waals surface area contributed by atoms with Gasteiger partial charge in [-0.15, -0.1) is 0 Å². The number of aromatic nitrogens is 5. The van der Waals surface area contributed by atoms with E-state index in [1.807, 2.05) is 81.9 Å². The summed E-state index contributed by atoms with van der Waals surface area (Å²) in [5.41, 5.74) is 7.65. The molecule has 0 aliphatic rings. The van der Waals surface area contributed by atoms with Crippen molar-refractivity contribution in [1.82, 2.24) is 24.5 Å². The molecular formula is C28H28N6O2. The Bertz CT molecular complexity index is 1600. The number of pyridine rings is 1. The van der Waals surface area contributed by atoms with Crippen LogP contribution in [0.25, 0.3) is 22.2 Å². The maximum absolute atomic E-state index is 13.4. The zero-order chi connectivity index (χ0) is 25.4. The van der Waals surface area contributed by atoms with Crippen molar-refractivity contribution in [1.29, 1.82) is 0 Å². The molecule has 5 rings (SSSR count). The van der Waals surface area contributed by atoms with Gasteiger partial charge in [-0.25, -0.2) is 9.67 Å². The van der Waals surface area contributed by atoms with Crippen molar-refractivity contribution in [2.24, 2.45) is 7.05 Å². The Morgan fingerprint density at radius 3 is 2.61 bits per heavy atom. The lowest BCUT2D eigenvalue weighted by Crippen LogP contribution is -2.13. The third-order valence-electron chi connectivity index (χ3n) is 6.30. The second-order valence-electron chi connectivity index (χ2n) is 9.01. The van der Waals surface area contributed by atoms with Gasteiger partial charge >= 0.3 is 0 Å². The number of hydrogen-bond acceptors (Lipinski definition) is 5. The molecule has 0 aliphatic heterocycles. The fraction of sp³-hybridized carbons (Fsp3) is 0.214. The molecule has 0 atom stereocenters. The molecule has 3 aromatic heterocycles. The Morgan fingerprint density at radius 2 is 1.86 bits per heavy atom. The number of fused-ring (bicyclic) bond motifs is 1. The van der Waals surface area contributed by atoms with E-state index in [1.165, 1.54) is 5.56 Å². The van der Waals surface area contributed by atoms with Gasteiger partial charge < -0.3 is 10.1 Å². The Hall–Kier alpha value is -4.46. The second kappa shape index (κ2) is 9.30. The fourth-order valence-electron chi connectivity index (χ4n) is 4.43. The van der Waals surface area contributed by atoms with E-state index >= 15 is 0 Å². The van der Waals surface area contributed by atoms with E-state index in [0.717, 1.165) is 44.9 Å². The first-order valence-electron chi connectivity index (χ1n) is 11.7. The van der Waals surface area contributed by atoms with Gasteiger partial charge in [-0.05, 0) is 51.5 Å². The minimum absolute atomic E-state index is 0.233. The van der Waals surface area contributed by atoms with Crippen LogP contribution in [0.4, 0.5) is 5.69 Å². The van der Waals surface area contributed by atoms with Crippen molar-refractivity contribution in [2.45, 2.75) is 34.4 Å². The predicted molar refractivity (Wildman–Crippen MR) is 140 cm³/mol. The molecule has 36 heavy (non-hydrogen) atoms. The van der Waals surface area contributed by atoms with Gasteiger partial charge in [-0.2, -0.15) is 10.2 Å². The summed E-state index contributed by atoms with van der Waals surface area (Å²) in [6.45, 7) is 8.25. The SMILES string of the molecule is Cc1ccc(OCn2cc(NC(=O)c3cc(-c4c(C)nn(C)c4C)nc4ccccc34)cn2)c(C)c1. The summed E-state index contributed by atoms with van der Waals surface area (Å²) in [7, 11) is 1.90. The monoisotopic (exact) mass is 480 g/mol. The van der Waals surface area contributed by atoms with E-state index in [1.54, 1.807) is 17.1 Å². The molecule has 2 aromatic carbocycles. The number of amides is 1. The second-order valence-corrected chi connectivity index (χ2v) is 9.01. The fourth-order valence-corrected chi connectivity index (χ4v) is 4.43. The van der Waals surface area contributed by atoms with Gasteiger partial charge in [0.05, 0.1) is 40.5 Å². The summed E-state index contributed by atoms with van der Waals surface area (Å²) >= 11 is 0. The van der Waals surface area contributed by atoms with Crippen LogP contribution >= 0.6 is 0 Å². The van der Waals surface area contributed by atoms with E-state index in [4.69, 9.17) is 9.72 Å². The van der Waals surface area contributed by atoms with Gasteiger partial charge in [0.2, 0.25) is 0 Å². The molecule has 182 valence electrons. The minimum Gasteiger partial charge on any atom is -0.471 e. The van der Waals surface area contributed by atoms with E-state index in [2.05, 4.69) is 21.6 Å². The number of aryl methyl sites for hydroxylation is 4. The van der Waals surface area contributed by atoms with Gasteiger partial charge in [-0.1, -0.05) is 35.9 Å². The Morgan fingerprint density at radius 1 is 1.06 bits per heavy atom. The van der Waals surface area contributed by atoms with Gasteiger partial charge in [-0.3, -0.25) is 9.48 Å². The zero-order valence-corrected chi connectivity index (χ0v) is 21.0. The Labute approximate surface area is 209 Å². The van der Waals surface area contributed by atoms with Gasteiger partial charge in [0, 0.05) is 23.7 Å². The van der Waals surface area contributed by atoms with E-state index in [-0.39, 0.29) is 12.6 Å². The molecule has 0 aliphatic carbocycles. The molecule has 0 fully saturated rings. The van der Waals surface area contributed by atoms with Crippen LogP contribution in [0.3, 0.4) is 0 Å². The van der Waals surface area contributed by atoms with Crippen LogP contribution in [-0.4, -0.2) is 30.5 Å². The smallest absolute Gasteiger partial charge is 0.256 e. The predicted octanol–water partition coefficient (Wildman–Crippen LogP) is 5.35. The maximum atomic E-state index is 13.4. The lowest BCUT2D eigenvalue weighted by molar-refractivity contribution is 0.102. The quantitative estimate of drug-likeness (QED) is 0.354. The van der Waals surface area contributed by atoms with Crippen molar-refractivity contribution in [2.75, 3.05) is 5.32 Å². The van der Waals surface area contributed by atoms with Crippen LogP contribution in [-0.2, 0) is 13.8 Å². The number of carbonyl (C=O) groups is 1. The Kier molecular flexibility index (Phi) is 6.01. The molecule has 0 bridgehead atoms. The molecule has 3 heterocycles. The van der Waals surface area contributed by atoms with Crippen molar-refractivity contribution >= 4 is 22.5 Å². The van der Waals surface area contributed by atoms with E-state index in [9.17, 15) is 4.79 Å². The summed E-state index contributed by atoms with van der Waals surface area (Å²) in [6, 6.07) is 15.5. The molecule has 8 heteroatoms. The summed E-state index contributed by atoms with van der Waals surface area (Å²) in [6.07, 6.45) is 3.37. The molecule has 1 amide bonds. The highest BCUT2D eigenvalue weighted by Gasteiger charge is 2.19. The number of nitrogens with one attached hydrogen (secondary N) is 1. The summed E-state index contributed by atoms with van der Waals surface area (Å²) in [5, 5.41) is 12.6. The van der Waals surface area contributed by atoms with Crippen LogP contribution in [0.5, 0.6) is 5.75 Å². The van der Waals surface area contributed by atoms with E-state index in [0.29, 0.717) is 11.3 Å². The first-order valence-corrected chi connectivity index (χ1v) is 11.7. The topological polar surface area (TPSA) is 86.9 Å². The van der Waals surface area contributed by atoms with Crippen molar-refractivity contribution in [3.8, 4) is 17.0 Å². The molecular weight excluding hydrogens is 452 g/mol. The van der Waals surface area contributed by atoms with Crippen molar-refractivity contribution in [3.63, 3.8) is 0 Å². The number of hydrogen-bond donors (Lipinski definition) is 1. The highest BCUT2D eigenvalue weighted by atomic mass is 16.5.